The van der Waals surface area contributed by atoms with Crippen molar-refractivity contribution in [2.75, 3.05) is 13.2 Å². The highest BCUT2D eigenvalue weighted by atomic mass is 16.5. The predicted octanol–water partition coefficient (Wildman–Crippen LogP) is 21.0. The highest BCUT2D eigenvalue weighted by Crippen LogP contribution is 2.48. The van der Waals surface area contributed by atoms with Gasteiger partial charge in [-0.15, -0.1) is 0 Å². The summed E-state index contributed by atoms with van der Waals surface area (Å²) in [6, 6.07) is 28.6. The van der Waals surface area contributed by atoms with Crippen LogP contribution in [0.25, 0.3) is 54.6 Å². The van der Waals surface area contributed by atoms with Crippen molar-refractivity contribution in [3.05, 3.63) is 95.1 Å². The van der Waals surface area contributed by atoms with Crippen molar-refractivity contribution in [1.82, 2.24) is 0 Å². The maximum absolute atomic E-state index is 6.59. The minimum Gasteiger partial charge on any atom is -0.494 e. The fourth-order valence-corrected chi connectivity index (χ4v) is 10.7. The molecule has 0 atom stereocenters. The van der Waals surface area contributed by atoms with Crippen LogP contribution >= 0.6 is 0 Å². The molecule has 0 saturated carbocycles. The van der Waals surface area contributed by atoms with Crippen molar-refractivity contribution in [3.63, 3.8) is 0 Å². The Labute approximate surface area is 403 Å². The maximum atomic E-state index is 6.59. The van der Waals surface area contributed by atoms with Crippen molar-refractivity contribution < 1.29 is 9.47 Å². The first-order valence-electron chi connectivity index (χ1n) is 27.4. The molecule has 358 valence electrons. The fraction of sp³-hybridized carbons (Fsp3) is 0.562. The van der Waals surface area contributed by atoms with Gasteiger partial charge in [0.15, 0.2) is 0 Å². The number of hydrogen-bond acceptors (Lipinski definition) is 2. The van der Waals surface area contributed by atoms with Gasteiger partial charge in [-0.1, -0.05) is 233 Å². The smallest absolute Gasteiger partial charge is 0.119 e. The van der Waals surface area contributed by atoms with Gasteiger partial charge in [-0.25, -0.2) is 0 Å². The number of unbranched alkanes of at least 4 members (excludes halogenated alkanes) is 18. The zero-order valence-corrected chi connectivity index (χ0v) is 43.6. The van der Waals surface area contributed by atoms with Crippen LogP contribution < -0.4 is 9.47 Å². The fourth-order valence-electron chi connectivity index (χ4n) is 10.7. The Hall–Kier alpha value is -4.04. The summed E-state index contributed by atoms with van der Waals surface area (Å²) in [5.74, 6) is 3.48. The molecule has 6 aromatic carbocycles. The summed E-state index contributed by atoms with van der Waals surface area (Å²) in [6.45, 7) is 25.0. The summed E-state index contributed by atoms with van der Waals surface area (Å²) < 4.78 is 13.2. The number of benzene rings is 6. The molecule has 0 saturated heterocycles. The van der Waals surface area contributed by atoms with Gasteiger partial charge in [0.05, 0.1) is 13.2 Å². The van der Waals surface area contributed by atoms with Crippen LogP contribution in [0.2, 0.25) is 0 Å². The maximum Gasteiger partial charge on any atom is 0.119 e. The number of hydrogen-bond donors (Lipinski definition) is 0. The molecule has 0 aliphatic carbocycles. The zero-order valence-electron chi connectivity index (χ0n) is 43.6. The second kappa shape index (κ2) is 25.9. The van der Waals surface area contributed by atoms with Crippen LogP contribution in [-0.4, -0.2) is 13.2 Å². The van der Waals surface area contributed by atoms with E-state index in [-0.39, 0.29) is 0 Å². The van der Waals surface area contributed by atoms with Crippen molar-refractivity contribution in [3.8, 4) is 33.8 Å². The standard InChI is InChI=1S/C64H90O2/c1-11-13-15-17-19-21-23-25-27-29-39-65-51-41-57(45(3)4)63(58(42-51)46(5)6)55-37-33-49-32-36-54-56(38-34-50-31-35-53(55)61(49)62(50)54)64-59(47(7)8)43-52(44-60(64)48(9)10)66-40-30-28-26-24-22-20-18-16-14-12-2/h31-38,41-48H,11-30,39-40H2,1-10H3. The average Bonchev–Trinajstić information content (AvgIpc) is 3.31. The van der Waals surface area contributed by atoms with E-state index in [2.05, 4.69) is 142 Å². The van der Waals surface area contributed by atoms with Crippen molar-refractivity contribution >= 4 is 32.3 Å². The molecule has 6 aromatic rings. The Bertz CT molecular complexity index is 2150. The van der Waals surface area contributed by atoms with Gasteiger partial charge < -0.3 is 9.47 Å². The number of rotatable bonds is 30. The molecule has 0 amide bonds. The average molecular weight is 891 g/mol. The molecule has 0 aromatic heterocycles. The normalized spacial score (nSPS) is 12.2. The van der Waals surface area contributed by atoms with Gasteiger partial charge in [0, 0.05) is 0 Å². The monoisotopic (exact) mass is 891 g/mol. The summed E-state index contributed by atoms with van der Waals surface area (Å²) in [5.41, 5.74) is 11.0. The highest BCUT2D eigenvalue weighted by molar-refractivity contribution is 6.27. The molecule has 0 bridgehead atoms. The molecule has 0 spiro atoms. The van der Waals surface area contributed by atoms with Crippen molar-refractivity contribution in [2.45, 2.75) is 221 Å². The Morgan fingerprint density at radius 1 is 0.333 bits per heavy atom. The van der Waals surface area contributed by atoms with Crippen LogP contribution in [0.1, 0.15) is 244 Å². The van der Waals surface area contributed by atoms with E-state index in [1.807, 2.05) is 0 Å². The van der Waals surface area contributed by atoms with E-state index in [0.29, 0.717) is 23.7 Å². The minimum atomic E-state index is 0.356. The molecule has 0 aliphatic rings. The van der Waals surface area contributed by atoms with Gasteiger partial charge in [0.2, 0.25) is 0 Å². The molecule has 2 heteroatoms. The quantitative estimate of drug-likeness (QED) is 0.0331. The third-order valence-electron chi connectivity index (χ3n) is 14.6. The van der Waals surface area contributed by atoms with E-state index in [1.165, 1.54) is 192 Å². The summed E-state index contributed by atoms with van der Waals surface area (Å²) >= 11 is 0. The van der Waals surface area contributed by atoms with Crippen LogP contribution in [0, 0.1) is 0 Å². The summed E-state index contributed by atoms with van der Waals surface area (Å²) in [6.07, 6.45) is 26.7. The molecule has 0 radical (unpaired) electrons. The molecule has 0 aliphatic heterocycles. The van der Waals surface area contributed by atoms with Crippen molar-refractivity contribution in [2.24, 2.45) is 0 Å². The first-order chi connectivity index (χ1) is 32.0. The van der Waals surface area contributed by atoms with Gasteiger partial charge >= 0.3 is 0 Å². The molecular weight excluding hydrogens is 801 g/mol. The Morgan fingerprint density at radius 2 is 0.606 bits per heavy atom. The minimum absolute atomic E-state index is 0.356. The lowest BCUT2D eigenvalue weighted by atomic mass is 9.80. The molecule has 0 N–H and O–H groups in total. The van der Waals surface area contributed by atoms with E-state index in [9.17, 15) is 0 Å². The summed E-state index contributed by atoms with van der Waals surface area (Å²) in [5, 5.41) is 8.05. The second-order valence-electron chi connectivity index (χ2n) is 21.3. The highest BCUT2D eigenvalue weighted by Gasteiger charge is 2.24. The third kappa shape index (κ3) is 13.1. The SMILES string of the molecule is CCCCCCCCCCCCOc1cc(C(C)C)c(-c2ccc3ccc4c(-c5c(C(C)C)cc(OCCCCCCCCCCCC)cc5C(C)C)ccc5ccc2c3c54)c(C(C)C)c1. The predicted molar refractivity (Wildman–Crippen MR) is 292 cm³/mol. The van der Waals surface area contributed by atoms with Crippen LogP contribution in [0.3, 0.4) is 0 Å². The van der Waals surface area contributed by atoms with E-state index in [0.717, 1.165) is 37.6 Å². The third-order valence-corrected chi connectivity index (χ3v) is 14.6. The van der Waals surface area contributed by atoms with Crippen LogP contribution in [0.15, 0.2) is 72.8 Å². The first-order valence-corrected chi connectivity index (χ1v) is 27.4. The molecule has 0 fully saturated rings. The van der Waals surface area contributed by atoms with E-state index >= 15 is 0 Å². The van der Waals surface area contributed by atoms with E-state index in [4.69, 9.17) is 9.47 Å². The molecular formula is C64H90O2. The second-order valence-corrected chi connectivity index (χ2v) is 21.3. The van der Waals surface area contributed by atoms with E-state index < -0.39 is 0 Å². The molecule has 66 heavy (non-hydrogen) atoms. The molecule has 2 nitrogen and oxygen atoms in total. The lowest BCUT2D eigenvalue weighted by Crippen LogP contribution is -2.05. The van der Waals surface area contributed by atoms with Gasteiger partial charge in [-0.3, -0.25) is 0 Å². The van der Waals surface area contributed by atoms with Gasteiger partial charge in [-0.05, 0) is 138 Å². The van der Waals surface area contributed by atoms with Crippen LogP contribution in [-0.2, 0) is 0 Å². The Morgan fingerprint density at radius 3 is 0.894 bits per heavy atom. The van der Waals surface area contributed by atoms with Crippen LogP contribution in [0.5, 0.6) is 11.5 Å². The molecule has 0 unspecified atom stereocenters. The number of ether oxygens (including phenoxy) is 2. The topological polar surface area (TPSA) is 18.5 Å². The molecule has 0 heterocycles. The van der Waals surface area contributed by atoms with Crippen molar-refractivity contribution in [1.29, 1.82) is 0 Å². The zero-order chi connectivity index (χ0) is 47.0. The van der Waals surface area contributed by atoms with Gasteiger partial charge in [0.25, 0.3) is 0 Å². The first kappa shape index (κ1) is 51.4. The van der Waals surface area contributed by atoms with Gasteiger partial charge in [-0.2, -0.15) is 0 Å². The lowest BCUT2D eigenvalue weighted by Gasteiger charge is -2.25. The van der Waals surface area contributed by atoms with Crippen LogP contribution in [0.4, 0.5) is 0 Å². The summed E-state index contributed by atoms with van der Waals surface area (Å²) in [4.78, 5) is 0. The largest absolute Gasteiger partial charge is 0.494 e. The lowest BCUT2D eigenvalue weighted by molar-refractivity contribution is 0.303. The summed E-state index contributed by atoms with van der Waals surface area (Å²) in [7, 11) is 0. The van der Waals surface area contributed by atoms with E-state index in [1.54, 1.807) is 0 Å². The Kier molecular flexibility index (Phi) is 20.2. The Balaban J connectivity index is 1.28. The molecule has 6 rings (SSSR count). The van der Waals surface area contributed by atoms with Gasteiger partial charge in [0.1, 0.15) is 11.5 Å².